The fourth-order valence-electron chi connectivity index (χ4n) is 3.71. The zero-order valence-electron chi connectivity index (χ0n) is 16.0. The number of carbonyl (C=O) groups excluding carboxylic acids is 2. The van der Waals surface area contributed by atoms with Crippen LogP contribution in [0.3, 0.4) is 0 Å². The number of halogens is 2. The number of nitrogens with zero attached hydrogens (tertiary/aromatic N) is 3. The van der Waals surface area contributed by atoms with Gasteiger partial charge in [0.1, 0.15) is 11.6 Å². The Morgan fingerprint density at radius 2 is 2.14 bits per heavy atom. The number of hydrogen-bond acceptors (Lipinski definition) is 3. The Bertz CT molecular complexity index is 868. The third-order valence-electron chi connectivity index (χ3n) is 5.02. The van der Waals surface area contributed by atoms with E-state index < -0.39 is 17.7 Å². The molecule has 150 valence electrons. The summed E-state index contributed by atoms with van der Waals surface area (Å²) in [7, 11) is 1.87. The van der Waals surface area contributed by atoms with Gasteiger partial charge in [0.2, 0.25) is 11.8 Å². The molecule has 8 heteroatoms. The van der Waals surface area contributed by atoms with Crippen LogP contribution in [0, 0.1) is 17.6 Å². The molecule has 28 heavy (non-hydrogen) atoms. The standard InChI is InChI=1S/C20H24F2N4O2/c1-13(27)24-19(17-4-3-16(21)8-18(17)22)9-20(28)26-6-5-14(12-26)7-15-10-23-25(2)11-15/h3-4,8,10-11,14,19H,5-7,9,12H2,1-2H3,(H,24,27). The topological polar surface area (TPSA) is 67.2 Å². The smallest absolute Gasteiger partial charge is 0.224 e. The molecule has 6 nitrogen and oxygen atoms in total. The molecule has 3 rings (SSSR count). The second-order valence-corrected chi connectivity index (χ2v) is 7.34. The third kappa shape index (κ3) is 4.94. The molecule has 0 saturated carbocycles. The first-order chi connectivity index (χ1) is 13.3. The second kappa shape index (κ2) is 8.50. The zero-order chi connectivity index (χ0) is 20.3. The predicted molar refractivity (Wildman–Crippen MR) is 99.1 cm³/mol. The lowest BCUT2D eigenvalue weighted by Gasteiger charge is -2.23. The first-order valence-corrected chi connectivity index (χ1v) is 9.29. The molecular formula is C20H24F2N4O2. The zero-order valence-corrected chi connectivity index (χ0v) is 16.0. The van der Waals surface area contributed by atoms with Crippen LogP contribution < -0.4 is 5.32 Å². The van der Waals surface area contributed by atoms with Gasteiger partial charge in [0, 0.05) is 44.9 Å². The second-order valence-electron chi connectivity index (χ2n) is 7.34. The number of likely N-dealkylation sites (tertiary alicyclic amines) is 1. The summed E-state index contributed by atoms with van der Waals surface area (Å²) in [4.78, 5) is 26.0. The number of aryl methyl sites for hydroxylation is 1. The summed E-state index contributed by atoms with van der Waals surface area (Å²) in [5.74, 6) is -1.67. The van der Waals surface area contributed by atoms with E-state index in [1.54, 1.807) is 9.58 Å². The number of amides is 2. The summed E-state index contributed by atoms with van der Waals surface area (Å²) in [6.45, 7) is 2.55. The van der Waals surface area contributed by atoms with Gasteiger partial charge in [0.05, 0.1) is 18.7 Å². The van der Waals surface area contributed by atoms with Crippen molar-refractivity contribution >= 4 is 11.8 Å². The molecule has 2 unspecified atom stereocenters. The molecule has 2 heterocycles. The minimum atomic E-state index is -0.831. The number of benzene rings is 1. The molecule has 2 amide bonds. The summed E-state index contributed by atoms with van der Waals surface area (Å²) in [6, 6.07) is 2.32. The van der Waals surface area contributed by atoms with E-state index in [1.165, 1.54) is 13.0 Å². The Labute approximate surface area is 162 Å². The molecule has 0 aliphatic carbocycles. The maximum absolute atomic E-state index is 14.2. The highest BCUT2D eigenvalue weighted by Crippen LogP contribution is 2.25. The fraction of sp³-hybridized carbons (Fsp3) is 0.450. The minimum absolute atomic E-state index is 0.0677. The van der Waals surface area contributed by atoms with Gasteiger partial charge < -0.3 is 10.2 Å². The monoisotopic (exact) mass is 390 g/mol. The van der Waals surface area contributed by atoms with Crippen LogP contribution in [0.2, 0.25) is 0 Å². The third-order valence-corrected chi connectivity index (χ3v) is 5.02. The van der Waals surface area contributed by atoms with E-state index in [1.807, 2.05) is 19.4 Å². The lowest BCUT2D eigenvalue weighted by molar-refractivity contribution is -0.131. The SMILES string of the molecule is CC(=O)NC(CC(=O)N1CCC(Cc2cnn(C)c2)C1)c1ccc(F)cc1F. The van der Waals surface area contributed by atoms with E-state index in [2.05, 4.69) is 10.4 Å². The van der Waals surface area contributed by atoms with Crippen LogP contribution in [0.15, 0.2) is 30.6 Å². The lowest BCUT2D eigenvalue weighted by Crippen LogP contribution is -2.35. The minimum Gasteiger partial charge on any atom is -0.349 e. The van der Waals surface area contributed by atoms with Crippen molar-refractivity contribution in [2.75, 3.05) is 13.1 Å². The van der Waals surface area contributed by atoms with Crippen molar-refractivity contribution in [2.45, 2.75) is 32.2 Å². The Morgan fingerprint density at radius 1 is 1.36 bits per heavy atom. The van der Waals surface area contributed by atoms with Crippen LogP contribution in [0.4, 0.5) is 8.78 Å². The van der Waals surface area contributed by atoms with Crippen molar-refractivity contribution in [2.24, 2.45) is 13.0 Å². The van der Waals surface area contributed by atoms with Gasteiger partial charge in [-0.15, -0.1) is 0 Å². The molecule has 1 saturated heterocycles. The van der Waals surface area contributed by atoms with Gasteiger partial charge in [-0.05, 0) is 30.4 Å². The van der Waals surface area contributed by atoms with Crippen molar-refractivity contribution < 1.29 is 18.4 Å². The Balaban J connectivity index is 1.64. The molecule has 1 aromatic carbocycles. The fourth-order valence-corrected chi connectivity index (χ4v) is 3.71. The Morgan fingerprint density at radius 3 is 2.79 bits per heavy atom. The highest BCUT2D eigenvalue weighted by molar-refractivity contribution is 5.79. The molecule has 1 fully saturated rings. The number of nitrogens with one attached hydrogen (secondary N) is 1. The van der Waals surface area contributed by atoms with Crippen molar-refractivity contribution in [3.05, 3.63) is 53.4 Å². The molecule has 1 aliphatic rings. The quantitative estimate of drug-likeness (QED) is 0.823. The van der Waals surface area contributed by atoms with Gasteiger partial charge in [-0.3, -0.25) is 14.3 Å². The normalized spacial score (nSPS) is 17.6. The highest BCUT2D eigenvalue weighted by Gasteiger charge is 2.29. The van der Waals surface area contributed by atoms with Gasteiger partial charge in [0.15, 0.2) is 0 Å². The molecule has 1 aromatic heterocycles. The van der Waals surface area contributed by atoms with Crippen molar-refractivity contribution in [1.29, 1.82) is 0 Å². The van der Waals surface area contributed by atoms with Gasteiger partial charge in [-0.1, -0.05) is 6.07 Å². The van der Waals surface area contributed by atoms with E-state index in [-0.39, 0.29) is 23.8 Å². The van der Waals surface area contributed by atoms with E-state index in [9.17, 15) is 18.4 Å². The summed E-state index contributed by atoms with van der Waals surface area (Å²) in [5, 5.41) is 6.77. The average molecular weight is 390 g/mol. The molecule has 2 aromatic rings. The van der Waals surface area contributed by atoms with E-state index in [4.69, 9.17) is 0 Å². The van der Waals surface area contributed by atoms with E-state index >= 15 is 0 Å². The molecule has 0 radical (unpaired) electrons. The summed E-state index contributed by atoms with van der Waals surface area (Å²) in [6.07, 6.45) is 5.46. The van der Waals surface area contributed by atoms with E-state index in [0.29, 0.717) is 19.0 Å². The van der Waals surface area contributed by atoms with Crippen molar-refractivity contribution in [3.8, 4) is 0 Å². The highest BCUT2D eigenvalue weighted by atomic mass is 19.1. The first kappa shape index (κ1) is 20.0. The van der Waals surface area contributed by atoms with E-state index in [0.717, 1.165) is 30.5 Å². The van der Waals surface area contributed by atoms with Gasteiger partial charge >= 0.3 is 0 Å². The largest absolute Gasteiger partial charge is 0.349 e. The van der Waals surface area contributed by atoms with Gasteiger partial charge in [-0.25, -0.2) is 8.78 Å². The maximum atomic E-state index is 14.2. The molecule has 2 atom stereocenters. The summed E-state index contributed by atoms with van der Waals surface area (Å²) in [5.41, 5.74) is 1.24. The number of aromatic nitrogens is 2. The molecule has 0 bridgehead atoms. The molecule has 1 N–H and O–H groups in total. The number of rotatable bonds is 6. The van der Waals surface area contributed by atoms with Gasteiger partial charge in [-0.2, -0.15) is 5.10 Å². The lowest BCUT2D eigenvalue weighted by atomic mass is 10.0. The van der Waals surface area contributed by atoms with Crippen molar-refractivity contribution in [3.63, 3.8) is 0 Å². The van der Waals surface area contributed by atoms with Gasteiger partial charge in [0.25, 0.3) is 0 Å². The predicted octanol–water partition coefficient (Wildman–Crippen LogP) is 2.36. The van der Waals surface area contributed by atoms with Crippen LogP contribution in [0.1, 0.15) is 36.9 Å². The Kier molecular flexibility index (Phi) is 6.06. The first-order valence-electron chi connectivity index (χ1n) is 9.29. The van der Waals surface area contributed by atoms with Crippen LogP contribution in [-0.2, 0) is 23.1 Å². The number of hydrogen-bond donors (Lipinski definition) is 1. The Hall–Kier alpha value is -2.77. The van der Waals surface area contributed by atoms with Crippen LogP contribution in [-0.4, -0.2) is 39.6 Å². The molecule has 1 aliphatic heterocycles. The van der Waals surface area contributed by atoms with Crippen molar-refractivity contribution in [1.82, 2.24) is 20.0 Å². The van der Waals surface area contributed by atoms with Crippen LogP contribution in [0.25, 0.3) is 0 Å². The van der Waals surface area contributed by atoms with Crippen LogP contribution in [0.5, 0.6) is 0 Å². The summed E-state index contributed by atoms with van der Waals surface area (Å²) >= 11 is 0. The average Bonchev–Trinajstić information content (AvgIpc) is 3.23. The maximum Gasteiger partial charge on any atom is 0.224 e. The summed E-state index contributed by atoms with van der Waals surface area (Å²) < 4.78 is 29.1. The number of carbonyl (C=O) groups is 2. The van der Waals surface area contributed by atoms with Crippen LogP contribution >= 0.6 is 0 Å². The molecule has 0 spiro atoms. The molecular weight excluding hydrogens is 366 g/mol.